The zero-order valence-corrected chi connectivity index (χ0v) is 17.3. The topological polar surface area (TPSA) is 74.8 Å². The van der Waals surface area contributed by atoms with E-state index < -0.39 is 15.3 Å². The lowest BCUT2D eigenvalue weighted by molar-refractivity contribution is 0.0686. The van der Waals surface area contributed by atoms with E-state index in [2.05, 4.69) is 0 Å². The molecule has 0 heterocycles. The van der Waals surface area contributed by atoms with E-state index in [-0.39, 0.29) is 26.4 Å². The maximum atomic E-state index is 12.5. The zero-order valence-electron chi connectivity index (χ0n) is 15.6. The van der Waals surface area contributed by atoms with Crippen molar-refractivity contribution < 1.29 is 22.9 Å². The van der Waals surface area contributed by atoms with Crippen molar-refractivity contribution in [3.8, 4) is 0 Å². The van der Waals surface area contributed by atoms with Crippen LogP contribution in [-0.4, -0.2) is 101 Å². The van der Waals surface area contributed by atoms with Crippen molar-refractivity contribution >= 4 is 15.3 Å². The van der Waals surface area contributed by atoms with E-state index in [0.29, 0.717) is 0 Å². The van der Waals surface area contributed by atoms with Crippen molar-refractivity contribution in [3.05, 3.63) is 0 Å². The molecule has 0 aromatic heterocycles. The lowest BCUT2D eigenvalue weighted by Crippen LogP contribution is -2.24. The highest BCUT2D eigenvalue weighted by atomic mass is 31.2. The maximum Gasteiger partial charge on any atom is 0.345 e. The fourth-order valence-corrected chi connectivity index (χ4v) is 4.69. The summed E-state index contributed by atoms with van der Waals surface area (Å²) in [6.45, 7) is 0.964. The highest BCUT2D eigenvalue weighted by molar-refractivity contribution is 7.54. The minimum atomic E-state index is -2.97. The van der Waals surface area contributed by atoms with Gasteiger partial charge in [0.05, 0.1) is 26.4 Å². The van der Waals surface area contributed by atoms with Gasteiger partial charge in [-0.3, -0.25) is 9.13 Å². The van der Waals surface area contributed by atoms with Crippen LogP contribution in [0.4, 0.5) is 0 Å². The van der Waals surface area contributed by atoms with Crippen LogP contribution in [0.2, 0.25) is 0 Å². The second-order valence-corrected chi connectivity index (χ2v) is 11.3. The Hall–Kier alpha value is 0.180. The molecule has 0 aliphatic carbocycles. The van der Waals surface area contributed by atoms with Gasteiger partial charge in [-0.05, 0) is 56.4 Å². The number of ether oxygens (including phenoxy) is 1. The van der Waals surface area contributed by atoms with Crippen molar-refractivity contribution in [2.24, 2.45) is 0 Å². The summed E-state index contributed by atoms with van der Waals surface area (Å²) in [5.41, 5.74) is 0. The van der Waals surface area contributed by atoms with E-state index in [4.69, 9.17) is 13.8 Å². The van der Waals surface area contributed by atoms with Gasteiger partial charge in [0.1, 0.15) is 0 Å². The number of nitrogens with zero attached hydrogens (tertiary/aromatic N) is 4. The van der Waals surface area contributed by atoms with Crippen LogP contribution in [0, 0.1) is 0 Å². The summed E-state index contributed by atoms with van der Waals surface area (Å²) in [5, 5.41) is 0. The van der Waals surface area contributed by atoms with Gasteiger partial charge in [0, 0.05) is 0 Å². The monoisotopic (exact) mass is 374 g/mol. The van der Waals surface area contributed by atoms with Crippen LogP contribution in [0.15, 0.2) is 0 Å². The average molecular weight is 374 g/mol. The average Bonchev–Trinajstić information content (AvgIpc) is 2.44. The van der Waals surface area contributed by atoms with Crippen molar-refractivity contribution in [3.63, 3.8) is 0 Å². The summed E-state index contributed by atoms with van der Waals surface area (Å²) in [5.74, 6) is 0. The normalized spacial score (nSPS) is 13.7. The molecule has 0 amide bonds. The molecule has 140 valence electrons. The first-order valence-corrected chi connectivity index (χ1v) is 10.3. The molecule has 0 fully saturated rings. The van der Waals surface area contributed by atoms with E-state index in [1.807, 2.05) is 0 Å². The SMILES string of the molecule is CN(C)P(=O)(OCCOCCOP(=O)(N(C)C)N(C)C)N(C)C. The molecule has 0 spiro atoms. The Bertz CT molecular complexity index is 370. The molecule has 0 aromatic carbocycles. The van der Waals surface area contributed by atoms with Crippen molar-refractivity contribution in [1.29, 1.82) is 0 Å². The van der Waals surface area contributed by atoms with Gasteiger partial charge < -0.3 is 13.8 Å². The Morgan fingerprint density at radius 2 is 0.826 bits per heavy atom. The van der Waals surface area contributed by atoms with Gasteiger partial charge in [0.2, 0.25) is 0 Å². The molecule has 0 atom stereocenters. The predicted octanol–water partition coefficient (Wildman–Crippen LogP) is 1.50. The van der Waals surface area contributed by atoms with Crippen LogP contribution in [0.5, 0.6) is 0 Å². The molecule has 0 aliphatic heterocycles. The summed E-state index contributed by atoms with van der Waals surface area (Å²) in [7, 11) is 7.68. The maximum absolute atomic E-state index is 12.5. The number of hydrogen-bond donors (Lipinski definition) is 0. The van der Waals surface area contributed by atoms with E-state index in [9.17, 15) is 9.13 Å². The third-order valence-corrected chi connectivity index (χ3v) is 8.08. The van der Waals surface area contributed by atoms with Gasteiger partial charge in [-0.15, -0.1) is 0 Å². The molecule has 0 N–H and O–H groups in total. The molecule has 0 unspecified atom stereocenters. The second-order valence-electron chi connectivity index (χ2n) is 5.65. The van der Waals surface area contributed by atoms with Crippen LogP contribution in [-0.2, 0) is 22.9 Å². The van der Waals surface area contributed by atoms with Gasteiger partial charge in [-0.2, -0.15) is 0 Å². The molecule has 0 bridgehead atoms. The second kappa shape index (κ2) is 10.2. The predicted molar refractivity (Wildman–Crippen MR) is 92.7 cm³/mol. The molecule has 0 aromatic rings. The Labute approximate surface area is 140 Å². The smallest absolute Gasteiger partial charge is 0.345 e. The number of rotatable bonds is 12. The largest absolute Gasteiger partial charge is 0.377 e. The van der Waals surface area contributed by atoms with Gasteiger partial charge in [0.25, 0.3) is 0 Å². The van der Waals surface area contributed by atoms with Crippen molar-refractivity contribution in [2.75, 3.05) is 82.8 Å². The zero-order chi connectivity index (χ0) is 18.3. The Morgan fingerprint density at radius 1 is 0.565 bits per heavy atom. The third kappa shape index (κ3) is 6.90. The first kappa shape index (κ1) is 23.2. The summed E-state index contributed by atoms with van der Waals surface area (Å²) >= 11 is 0. The molecule has 0 rings (SSSR count). The van der Waals surface area contributed by atoms with Crippen LogP contribution < -0.4 is 0 Å². The first-order valence-electron chi connectivity index (χ1n) is 7.26. The molecule has 0 aliphatic rings. The van der Waals surface area contributed by atoms with Crippen LogP contribution >= 0.6 is 15.3 Å². The molecule has 9 nitrogen and oxygen atoms in total. The molecule has 23 heavy (non-hydrogen) atoms. The fourth-order valence-electron chi connectivity index (χ4n) is 1.71. The van der Waals surface area contributed by atoms with Gasteiger partial charge in [0.15, 0.2) is 0 Å². The third-order valence-electron chi connectivity index (χ3n) is 3.00. The van der Waals surface area contributed by atoms with E-state index in [1.165, 1.54) is 0 Å². The lowest BCUT2D eigenvalue weighted by atomic mass is 10.7. The lowest BCUT2D eigenvalue weighted by Gasteiger charge is -2.29. The molecular weight excluding hydrogens is 342 g/mol. The van der Waals surface area contributed by atoms with E-state index in [1.54, 1.807) is 75.1 Å². The standard InChI is InChI=1S/C12H32N4O5P2/c1-13(2)22(17,14(3)4)20-11-9-19-10-12-21-23(18,15(5)6)16(7)8/h9-12H2,1-8H3. The quantitative estimate of drug-likeness (QED) is 0.373. The molecule has 11 heteroatoms. The highest BCUT2D eigenvalue weighted by Gasteiger charge is 2.30. The molecule has 0 saturated heterocycles. The van der Waals surface area contributed by atoms with Gasteiger partial charge >= 0.3 is 15.3 Å². The van der Waals surface area contributed by atoms with E-state index in [0.717, 1.165) is 0 Å². The van der Waals surface area contributed by atoms with Crippen LogP contribution in [0.1, 0.15) is 0 Å². The number of hydrogen-bond acceptors (Lipinski definition) is 5. The first-order chi connectivity index (χ1) is 10.5. The summed E-state index contributed by atoms with van der Waals surface area (Å²) in [6, 6.07) is 0. The molecular formula is C12H32N4O5P2. The Morgan fingerprint density at radius 3 is 1.04 bits per heavy atom. The molecule has 0 saturated carbocycles. The Kier molecular flexibility index (Phi) is 10.3. The van der Waals surface area contributed by atoms with Crippen molar-refractivity contribution in [2.45, 2.75) is 0 Å². The van der Waals surface area contributed by atoms with Crippen LogP contribution in [0.3, 0.4) is 0 Å². The van der Waals surface area contributed by atoms with Crippen LogP contribution in [0.25, 0.3) is 0 Å². The highest BCUT2D eigenvalue weighted by Crippen LogP contribution is 2.51. The minimum absolute atomic E-state index is 0.201. The van der Waals surface area contributed by atoms with Gasteiger partial charge in [-0.25, -0.2) is 18.7 Å². The summed E-state index contributed by atoms with van der Waals surface area (Å²) < 4.78 is 47.5. The van der Waals surface area contributed by atoms with E-state index >= 15 is 0 Å². The van der Waals surface area contributed by atoms with Gasteiger partial charge in [-0.1, -0.05) is 0 Å². The minimum Gasteiger partial charge on any atom is -0.377 e. The summed E-state index contributed by atoms with van der Waals surface area (Å²) in [4.78, 5) is 0. The Balaban J connectivity index is 4.08. The molecule has 0 radical (unpaired) electrons. The summed E-state index contributed by atoms with van der Waals surface area (Å²) in [6.07, 6.45) is 0. The fraction of sp³-hybridized carbons (Fsp3) is 1.00. The van der Waals surface area contributed by atoms with Crippen molar-refractivity contribution in [1.82, 2.24) is 18.7 Å².